The lowest BCUT2D eigenvalue weighted by molar-refractivity contribution is -0.140. The molecule has 0 bridgehead atoms. The fourth-order valence-electron chi connectivity index (χ4n) is 6.07. The first-order valence-electron chi connectivity index (χ1n) is 18.6. The van der Waals surface area contributed by atoms with Crippen molar-refractivity contribution >= 4 is 53.2 Å². The zero-order valence-corrected chi connectivity index (χ0v) is 31.9. The first-order valence-corrected chi connectivity index (χ1v) is 18.6. The number of likely N-dealkylation sites (tertiary alicyclic amines) is 1. The van der Waals surface area contributed by atoms with Crippen LogP contribution in [0.4, 0.5) is 0 Å². The second-order valence-corrected chi connectivity index (χ2v) is 14.0. The van der Waals surface area contributed by atoms with Crippen molar-refractivity contribution in [2.24, 2.45) is 11.7 Å². The molecule has 0 unspecified atom stereocenters. The Morgan fingerprint density at radius 3 is 2.00 bits per heavy atom. The van der Waals surface area contributed by atoms with Crippen LogP contribution in [0.5, 0.6) is 0 Å². The molecule has 0 spiro atoms. The predicted molar refractivity (Wildman–Crippen MR) is 195 cm³/mol. The average molecular weight is 783 g/mol. The van der Waals surface area contributed by atoms with E-state index in [1.54, 1.807) is 13.8 Å². The maximum Gasteiger partial charge on any atom is 0.322 e. The number of carboxylic acids is 1. The van der Waals surface area contributed by atoms with E-state index in [1.165, 1.54) is 18.7 Å². The molecule has 0 saturated carbocycles. The molecule has 0 radical (unpaired) electrons. The first kappa shape index (κ1) is 46.3. The van der Waals surface area contributed by atoms with Gasteiger partial charge >= 0.3 is 5.97 Å². The van der Waals surface area contributed by atoms with Crippen LogP contribution in [0, 0.1) is 5.92 Å². The number of hydrogen-bond acceptors (Lipinski definition) is 12. The van der Waals surface area contributed by atoms with E-state index in [4.69, 9.17) is 10.8 Å². The van der Waals surface area contributed by atoms with Gasteiger partial charge in [-0.15, -0.1) is 0 Å². The Labute approximate surface area is 319 Å². The van der Waals surface area contributed by atoms with Gasteiger partial charge in [-0.3, -0.25) is 43.2 Å². The monoisotopic (exact) mass is 782 g/mol. The molecule has 12 N–H and O–H groups in total. The quantitative estimate of drug-likeness (QED) is 0.0461. The van der Waals surface area contributed by atoms with Crippen molar-refractivity contribution in [3.05, 3.63) is 0 Å². The third-order valence-corrected chi connectivity index (χ3v) is 9.14. The van der Waals surface area contributed by atoms with Crippen LogP contribution in [0.15, 0.2) is 0 Å². The van der Waals surface area contributed by atoms with E-state index in [0.29, 0.717) is 45.2 Å². The van der Waals surface area contributed by atoms with Gasteiger partial charge in [0.2, 0.25) is 47.3 Å². The third kappa shape index (κ3) is 15.4. The normalized spacial score (nSPS) is 19.2. The van der Waals surface area contributed by atoms with Crippen molar-refractivity contribution in [1.82, 2.24) is 47.4 Å². The van der Waals surface area contributed by atoms with Crippen molar-refractivity contribution in [2.45, 2.75) is 115 Å². The van der Waals surface area contributed by atoms with E-state index in [9.17, 15) is 48.3 Å². The van der Waals surface area contributed by atoms with E-state index < -0.39 is 109 Å². The molecule has 8 amide bonds. The van der Waals surface area contributed by atoms with Gasteiger partial charge in [0.05, 0.1) is 25.2 Å². The molecule has 7 atom stereocenters. The number of carbonyl (C=O) groups excluding carboxylic acids is 8. The Hall–Kier alpha value is -4.89. The lowest BCUT2D eigenvalue weighted by Gasteiger charge is -2.27. The molecule has 2 fully saturated rings. The van der Waals surface area contributed by atoms with Crippen LogP contribution < -0.4 is 48.3 Å². The van der Waals surface area contributed by atoms with Gasteiger partial charge in [-0.1, -0.05) is 13.8 Å². The second kappa shape index (κ2) is 23.1. The molecule has 2 aliphatic rings. The molecular weight excluding hydrogens is 724 g/mol. The lowest BCUT2D eigenvalue weighted by atomic mass is 10.0. The zero-order valence-electron chi connectivity index (χ0n) is 31.9. The van der Waals surface area contributed by atoms with Gasteiger partial charge in [0, 0.05) is 6.54 Å². The number of aliphatic hydroxyl groups is 1. The number of amides is 8. The van der Waals surface area contributed by atoms with Crippen molar-refractivity contribution in [1.29, 1.82) is 0 Å². The molecular formula is C34H58N10O11. The number of rotatable bonds is 22. The SMILES string of the molecule is CC(C)[C@H](NC(=O)[C@H](C)NC(=O)CNC(=O)[C@@H]1CCCN1C(=O)[C@@H]1CCCN1)C(=O)N[C@@H](CCCCN)C(=O)NCC(=O)N[C@H](C(=O)NCC(=O)O)[C@@H](C)O. The first-order chi connectivity index (χ1) is 26.0. The molecule has 0 aliphatic carbocycles. The molecule has 0 aromatic carbocycles. The summed E-state index contributed by atoms with van der Waals surface area (Å²) in [6.45, 7) is 5.56. The minimum absolute atomic E-state index is 0.117. The maximum atomic E-state index is 13.4. The zero-order chi connectivity index (χ0) is 41.2. The summed E-state index contributed by atoms with van der Waals surface area (Å²) >= 11 is 0. The van der Waals surface area contributed by atoms with E-state index in [1.807, 2.05) is 5.32 Å². The van der Waals surface area contributed by atoms with E-state index in [-0.39, 0.29) is 18.4 Å². The number of carboxylic acid groups (broad SMARTS) is 1. The maximum absolute atomic E-state index is 13.4. The van der Waals surface area contributed by atoms with Crippen LogP contribution in [0.2, 0.25) is 0 Å². The number of hydrogen-bond donors (Lipinski definition) is 11. The van der Waals surface area contributed by atoms with Crippen LogP contribution in [0.3, 0.4) is 0 Å². The van der Waals surface area contributed by atoms with Crippen LogP contribution in [0.1, 0.15) is 72.6 Å². The molecule has 55 heavy (non-hydrogen) atoms. The molecule has 2 rings (SSSR count). The summed E-state index contributed by atoms with van der Waals surface area (Å²) in [5, 5.41) is 38.6. The average Bonchev–Trinajstić information content (AvgIpc) is 3.85. The van der Waals surface area contributed by atoms with Crippen LogP contribution >= 0.6 is 0 Å². The van der Waals surface area contributed by atoms with E-state index >= 15 is 0 Å². The highest BCUT2D eigenvalue weighted by molar-refractivity contribution is 5.97. The van der Waals surface area contributed by atoms with E-state index in [2.05, 4.69) is 37.2 Å². The van der Waals surface area contributed by atoms with Crippen LogP contribution in [-0.2, 0) is 43.2 Å². The summed E-state index contributed by atoms with van der Waals surface area (Å²) in [5.41, 5.74) is 5.59. The Morgan fingerprint density at radius 2 is 1.40 bits per heavy atom. The number of nitrogens with two attached hydrogens (primary N) is 1. The number of carbonyl (C=O) groups is 9. The van der Waals surface area contributed by atoms with Gasteiger partial charge in [0.1, 0.15) is 36.8 Å². The van der Waals surface area contributed by atoms with Crippen molar-refractivity contribution in [3.8, 4) is 0 Å². The fraction of sp³-hybridized carbons (Fsp3) is 0.735. The summed E-state index contributed by atoms with van der Waals surface area (Å²) < 4.78 is 0. The molecule has 2 aliphatic heterocycles. The number of unbranched alkanes of at least 4 members (excludes halogenated alkanes) is 1. The number of nitrogens with zero attached hydrogens (tertiary/aromatic N) is 1. The predicted octanol–water partition coefficient (Wildman–Crippen LogP) is -4.71. The second-order valence-electron chi connectivity index (χ2n) is 14.0. The van der Waals surface area contributed by atoms with Crippen molar-refractivity contribution in [2.75, 3.05) is 39.3 Å². The minimum atomic E-state index is -1.51. The van der Waals surface area contributed by atoms with Gasteiger partial charge in [-0.2, -0.15) is 0 Å². The summed E-state index contributed by atoms with van der Waals surface area (Å²) in [4.78, 5) is 115. The Kier molecular flexibility index (Phi) is 19.5. The van der Waals surface area contributed by atoms with E-state index in [0.717, 1.165) is 13.0 Å². The topological polar surface area (TPSA) is 320 Å². The third-order valence-electron chi connectivity index (χ3n) is 9.14. The van der Waals surface area contributed by atoms with Crippen molar-refractivity contribution in [3.63, 3.8) is 0 Å². The summed E-state index contributed by atoms with van der Waals surface area (Å²) in [7, 11) is 0. The highest BCUT2D eigenvalue weighted by Gasteiger charge is 2.38. The Morgan fingerprint density at radius 1 is 0.745 bits per heavy atom. The lowest BCUT2D eigenvalue weighted by Crippen LogP contribution is -2.59. The highest BCUT2D eigenvalue weighted by Crippen LogP contribution is 2.20. The number of aliphatic carboxylic acids is 1. The minimum Gasteiger partial charge on any atom is -0.480 e. The molecule has 2 heterocycles. The number of aliphatic hydroxyl groups excluding tert-OH is 1. The molecule has 2 saturated heterocycles. The molecule has 0 aromatic heterocycles. The van der Waals surface area contributed by atoms with Gasteiger partial charge < -0.3 is 63.4 Å². The summed E-state index contributed by atoms with van der Waals surface area (Å²) in [6.07, 6.45) is 2.35. The molecule has 21 nitrogen and oxygen atoms in total. The van der Waals surface area contributed by atoms with Crippen LogP contribution in [0.25, 0.3) is 0 Å². The number of nitrogens with one attached hydrogen (secondary N) is 8. The van der Waals surface area contributed by atoms with Crippen LogP contribution in [-0.4, -0.2) is 150 Å². The Balaban J connectivity index is 1.94. The standard InChI is InChI=1S/C34H58N10O11/c1-18(2)27(43-29(50)19(3)40-24(46)15-38-31(52)23-11-8-14-44(23)34(55)22-10-7-13-36-22)33(54)41-21(9-5-6-12-35)30(51)37-16-25(47)42-28(20(4)45)32(53)39-17-26(48)49/h18-23,27-28,36,45H,5-17,35H2,1-4H3,(H,37,51)(H,38,52)(H,39,53)(H,40,46)(H,41,54)(H,42,47)(H,43,50)(H,48,49)/t19-,20+,21-,22-,23-,27-,28-/m0/s1. The van der Waals surface area contributed by atoms with Gasteiger partial charge in [0.25, 0.3) is 0 Å². The largest absolute Gasteiger partial charge is 0.480 e. The smallest absolute Gasteiger partial charge is 0.322 e. The van der Waals surface area contributed by atoms with Crippen molar-refractivity contribution < 1.29 is 53.4 Å². The Bertz CT molecular complexity index is 1390. The molecule has 0 aromatic rings. The molecule has 310 valence electrons. The van der Waals surface area contributed by atoms with Gasteiger partial charge in [0.15, 0.2) is 0 Å². The molecule has 21 heteroatoms. The fourth-order valence-corrected chi connectivity index (χ4v) is 6.07. The van der Waals surface area contributed by atoms with Gasteiger partial charge in [-0.05, 0) is 77.8 Å². The van der Waals surface area contributed by atoms with Gasteiger partial charge in [-0.25, -0.2) is 0 Å². The summed E-state index contributed by atoms with van der Waals surface area (Å²) in [6, 6.07) is -5.98. The highest BCUT2D eigenvalue weighted by atomic mass is 16.4. The summed E-state index contributed by atoms with van der Waals surface area (Å²) in [5.74, 6) is -7.13.